The second-order valence-corrected chi connectivity index (χ2v) is 6.59. The minimum Gasteiger partial charge on any atom is -0.367 e. The molecule has 1 fully saturated rings. The van der Waals surface area contributed by atoms with Gasteiger partial charge in [-0.2, -0.15) is 9.78 Å². The highest BCUT2D eigenvalue weighted by molar-refractivity contribution is 6.33. The average Bonchev–Trinajstić information content (AvgIpc) is 3.10. The van der Waals surface area contributed by atoms with Crippen LogP contribution in [-0.4, -0.2) is 46.0 Å². The van der Waals surface area contributed by atoms with Gasteiger partial charge < -0.3 is 9.80 Å². The standard InChI is InChI=1S/C18H18ClN7/c1-2-16-21-22-17-5-6-18(23-26(16)17)25-9-7-24(8-10-25)15-4-3-13(12-20)11-14(15)19/h3-6,11H,2,7-10H2,1H3. The van der Waals surface area contributed by atoms with Crippen molar-refractivity contribution in [3.8, 4) is 6.07 Å². The quantitative estimate of drug-likeness (QED) is 0.708. The first-order valence-corrected chi connectivity index (χ1v) is 8.98. The van der Waals surface area contributed by atoms with Crippen molar-refractivity contribution < 1.29 is 0 Å². The molecular weight excluding hydrogens is 350 g/mol. The molecule has 7 nitrogen and oxygen atoms in total. The van der Waals surface area contributed by atoms with Gasteiger partial charge in [-0.3, -0.25) is 0 Å². The van der Waals surface area contributed by atoms with E-state index >= 15 is 0 Å². The van der Waals surface area contributed by atoms with Crippen molar-refractivity contribution in [2.24, 2.45) is 0 Å². The first kappa shape index (κ1) is 16.6. The number of nitrogens with zero attached hydrogens (tertiary/aromatic N) is 7. The summed E-state index contributed by atoms with van der Waals surface area (Å²) in [7, 11) is 0. The third-order valence-electron chi connectivity index (χ3n) is 4.65. The molecule has 3 heterocycles. The molecule has 1 aromatic carbocycles. The Balaban J connectivity index is 1.51. The van der Waals surface area contributed by atoms with Crippen molar-refractivity contribution in [3.05, 3.63) is 46.7 Å². The number of hydrogen-bond donors (Lipinski definition) is 0. The number of anilines is 2. The van der Waals surface area contributed by atoms with E-state index in [0.717, 1.165) is 55.6 Å². The molecule has 0 atom stereocenters. The smallest absolute Gasteiger partial charge is 0.178 e. The topological polar surface area (TPSA) is 73.3 Å². The Bertz CT molecular complexity index is 983. The molecule has 0 spiro atoms. The molecule has 132 valence electrons. The summed E-state index contributed by atoms with van der Waals surface area (Å²) in [5.41, 5.74) is 2.32. The normalized spacial score (nSPS) is 14.7. The van der Waals surface area contributed by atoms with E-state index in [9.17, 15) is 0 Å². The van der Waals surface area contributed by atoms with Crippen LogP contribution in [0.1, 0.15) is 18.3 Å². The number of nitriles is 1. The number of piperazine rings is 1. The summed E-state index contributed by atoms with van der Waals surface area (Å²) in [5.74, 6) is 1.79. The van der Waals surface area contributed by atoms with Gasteiger partial charge in [0, 0.05) is 32.6 Å². The fraction of sp³-hybridized carbons (Fsp3) is 0.333. The molecule has 0 N–H and O–H groups in total. The van der Waals surface area contributed by atoms with Crippen LogP contribution >= 0.6 is 11.6 Å². The van der Waals surface area contributed by atoms with Crippen molar-refractivity contribution in [1.82, 2.24) is 19.8 Å². The number of aryl methyl sites for hydroxylation is 1. The predicted octanol–water partition coefficient (Wildman–Crippen LogP) is 2.54. The fourth-order valence-electron chi connectivity index (χ4n) is 3.22. The van der Waals surface area contributed by atoms with E-state index < -0.39 is 0 Å². The monoisotopic (exact) mass is 367 g/mol. The Morgan fingerprint density at radius 2 is 1.85 bits per heavy atom. The van der Waals surface area contributed by atoms with Gasteiger partial charge in [0.15, 0.2) is 11.5 Å². The molecule has 2 aromatic heterocycles. The summed E-state index contributed by atoms with van der Waals surface area (Å²) < 4.78 is 1.82. The maximum Gasteiger partial charge on any atom is 0.178 e. The Kier molecular flexibility index (Phi) is 4.35. The molecular formula is C18H18ClN7. The van der Waals surface area contributed by atoms with Gasteiger partial charge in [-0.1, -0.05) is 18.5 Å². The lowest BCUT2D eigenvalue weighted by molar-refractivity contribution is 0.640. The van der Waals surface area contributed by atoms with Gasteiger partial charge in [0.2, 0.25) is 0 Å². The molecule has 4 rings (SSSR count). The molecule has 26 heavy (non-hydrogen) atoms. The highest BCUT2D eigenvalue weighted by Gasteiger charge is 2.21. The van der Waals surface area contributed by atoms with E-state index in [1.807, 2.05) is 29.6 Å². The lowest BCUT2D eigenvalue weighted by Gasteiger charge is -2.37. The lowest BCUT2D eigenvalue weighted by atomic mass is 10.2. The largest absolute Gasteiger partial charge is 0.367 e. The molecule has 1 aliphatic heterocycles. The molecule has 1 aliphatic rings. The minimum atomic E-state index is 0.579. The van der Waals surface area contributed by atoms with Gasteiger partial charge in [-0.05, 0) is 30.3 Å². The summed E-state index contributed by atoms with van der Waals surface area (Å²) >= 11 is 6.35. The molecule has 8 heteroatoms. The van der Waals surface area contributed by atoms with Crippen LogP contribution in [0, 0.1) is 11.3 Å². The predicted molar refractivity (Wildman–Crippen MR) is 101 cm³/mol. The van der Waals surface area contributed by atoms with Crippen LogP contribution < -0.4 is 9.80 Å². The number of benzene rings is 1. The van der Waals surface area contributed by atoms with Gasteiger partial charge in [0.25, 0.3) is 0 Å². The van der Waals surface area contributed by atoms with E-state index in [-0.39, 0.29) is 0 Å². The maximum atomic E-state index is 8.97. The zero-order valence-electron chi connectivity index (χ0n) is 14.4. The third-order valence-corrected chi connectivity index (χ3v) is 4.95. The number of fused-ring (bicyclic) bond motifs is 1. The van der Waals surface area contributed by atoms with Gasteiger partial charge >= 0.3 is 0 Å². The summed E-state index contributed by atoms with van der Waals surface area (Å²) in [6.07, 6.45) is 0.794. The molecule has 0 amide bonds. The van der Waals surface area contributed by atoms with Crippen molar-refractivity contribution >= 4 is 28.8 Å². The van der Waals surface area contributed by atoms with Gasteiger partial charge in [0.1, 0.15) is 5.82 Å². The lowest BCUT2D eigenvalue weighted by Crippen LogP contribution is -2.47. The zero-order chi connectivity index (χ0) is 18.1. The maximum absolute atomic E-state index is 8.97. The van der Waals surface area contributed by atoms with Gasteiger partial charge in [0.05, 0.1) is 22.3 Å². The van der Waals surface area contributed by atoms with Crippen LogP contribution in [0.4, 0.5) is 11.5 Å². The summed E-state index contributed by atoms with van der Waals surface area (Å²) in [5, 5.41) is 22.6. The Labute approximate surface area is 156 Å². The van der Waals surface area contributed by atoms with Crippen LogP contribution in [-0.2, 0) is 6.42 Å². The third kappa shape index (κ3) is 2.93. The average molecular weight is 368 g/mol. The molecule has 3 aromatic rings. The van der Waals surface area contributed by atoms with Crippen molar-refractivity contribution in [2.75, 3.05) is 36.0 Å². The van der Waals surface area contributed by atoms with Gasteiger partial charge in [-0.15, -0.1) is 15.3 Å². The fourth-order valence-corrected chi connectivity index (χ4v) is 3.52. The second kappa shape index (κ2) is 6.81. The van der Waals surface area contributed by atoms with Crippen molar-refractivity contribution in [1.29, 1.82) is 5.26 Å². The van der Waals surface area contributed by atoms with Crippen LogP contribution in [0.3, 0.4) is 0 Å². The van der Waals surface area contributed by atoms with Crippen LogP contribution in [0.25, 0.3) is 5.65 Å². The van der Waals surface area contributed by atoms with Gasteiger partial charge in [-0.25, -0.2) is 0 Å². The minimum absolute atomic E-state index is 0.579. The molecule has 1 saturated heterocycles. The number of halogens is 1. The molecule has 0 radical (unpaired) electrons. The zero-order valence-corrected chi connectivity index (χ0v) is 15.2. The SMILES string of the molecule is CCc1nnc2ccc(N3CCN(c4ccc(C#N)cc4Cl)CC3)nn12. The number of rotatable bonds is 3. The first-order chi connectivity index (χ1) is 12.7. The van der Waals surface area contributed by atoms with E-state index in [2.05, 4.69) is 26.1 Å². The van der Waals surface area contributed by atoms with E-state index in [1.165, 1.54) is 0 Å². The van der Waals surface area contributed by atoms with Crippen molar-refractivity contribution in [2.45, 2.75) is 13.3 Å². The van der Waals surface area contributed by atoms with Crippen molar-refractivity contribution in [3.63, 3.8) is 0 Å². The second-order valence-electron chi connectivity index (χ2n) is 6.18. The highest BCUT2D eigenvalue weighted by atomic mass is 35.5. The van der Waals surface area contributed by atoms with Crippen LogP contribution in [0.15, 0.2) is 30.3 Å². The molecule has 0 saturated carbocycles. The molecule has 0 unspecified atom stereocenters. The molecule has 0 aliphatic carbocycles. The number of hydrogen-bond acceptors (Lipinski definition) is 6. The van der Waals surface area contributed by atoms with Crippen LogP contribution in [0.2, 0.25) is 5.02 Å². The summed E-state index contributed by atoms with van der Waals surface area (Å²) in [4.78, 5) is 4.50. The summed E-state index contributed by atoms with van der Waals surface area (Å²) in [6, 6.07) is 11.5. The highest BCUT2D eigenvalue weighted by Crippen LogP contribution is 2.28. The first-order valence-electron chi connectivity index (χ1n) is 8.60. The van der Waals surface area contributed by atoms with Crippen LogP contribution in [0.5, 0.6) is 0 Å². The number of aromatic nitrogens is 4. The van der Waals surface area contributed by atoms with E-state index in [0.29, 0.717) is 10.6 Å². The Morgan fingerprint density at radius 1 is 1.08 bits per heavy atom. The Morgan fingerprint density at radius 3 is 2.54 bits per heavy atom. The Hall–Kier alpha value is -2.85. The van der Waals surface area contributed by atoms with E-state index in [1.54, 1.807) is 12.1 Å². The van der Waals surface area contributed by atoms with E-state index in [4.69, 9.17) is 22.0 Å². The molecule has 0 bridgehead atoms. The summed E-state index contributed by atoms with van der Waals surface area (Å²) in [6.45, 7) is 5.42.